The van der Waals surface area contributed by atoms with Gasteiger partial charge in [-0.15, -0.1) is 11.3 Å². The van der Waals surface area contributed by atoms with Crippen LogP contribution >= 0.6 is 11.3 Å². The smallest absolute Gasteiger partial charge is 0.390 e. The second-order valence-electron chi connectivity index (χ2n) is 8.77. The van der Waals surface area contributed by atoms with E-state index in [0.717, 1.165) is 11.3 Å². The van der Waals surface area contributed by atoms with Crippen molar-refractivity contribution in [1.29, 1.82) is 0 Å². The number of amides is 1. The second kappa shape index (κ2) is 13.0. The highest BCUT2D eigenvalue weighted by Crippen LogP contribution is 2.26. The number of aliphatic hydroxyl groups is 1. The lowest BCUT2D eigenvalue weighted by Gasteiger charge is -2.29. The molecule has 0 saturated carbocycles. The first-order valence-electron chi connectivity index (χ1n) is 11.6. The summed E-state index contributed by atoms with van der Waals surface area (Å²) in [5, 5.41) is 15.0. The third-order valence-electron chi connectivity index (χ3n) is 5.78. The van der Waals surface area contributed by atoms with Gasteiger partial charge in [0.15, 0.2) is 11.6 Å². The predicted molar refractivity (Wildman–Crippen MR) is 136 cm³/mol. The number of sulfonamides is 1. The Hall–Kier alpha value is -3.20. The number of nitrogens with zero attached hydrogens (tertiary/aromatic N) is 1. The number of rotatable bonds is 11. The molecule has 3 rings (SSSR count). The van der Waals surface area contributed by atoms with E-state index >= 15 is 0 Å². The number of allylic oxidation sites excluding steroid dienone is 1. The maximum atomic E-state index is 14.5. The number of thiophene rings is 1. The molecule has 1 heterocycles. The fourth-order valence-electron chi connectivity index (χ4n) is 3.66. The number of halogens is 6. The fourth-order valence-corrected chi connectivity index (χ4v) is 5.95. The van der Waals surface area contributed by atoms with Gasteiger partial charge < -0.3 is 10.4 Å². The van der Waals surface area contributed by atoms with Crippen LogP contribution in [-0.4, -0.2) is 48.6 Å². The van der Waals surface area contributed by atoms with Crippen LogP contribution in [-0.2, 0) is 27.8 Å². The molecular weight excluding hydrogens is 582 g/mol. The molecule has 6 nitrogen and oxygen atoms in total. The summed E-state index contributed by atoms with van der Waals surface area (Å²) in [6, 6.07) is 10.3. The van der Waals surface area contributed by atoms with Gasteiger partial charge in [-0.05, 0) is 36.4 Å². The zero-order chi connectivity index (χ0) is 29.7. The van der Waals surface area contributed by atoms with Crippen molar-refractivity contribution in [2.75, 3.05) is 6.54 Å². The minimum absolute atomic E-state index is 0.0791. The van der Waals surface area contributed by atoms with E-state index in [1.54, 1.807) is 47.8 Å². The molecule has 216 valence electrons. The number of aliphatic hydroxyl groups excluding tert-OH is 1. The summed E-state index contributed by atoms with van der Waals surface area (Å²) in [4.78, 5) is 11.7. The zero-order valence-electron chi connectivity index (χ0n) is 20.8. The van der Waals surface area contributed by atoms with Crippen molar-refractivity contribution in [3.63, 3.8) is 0 Å². The van der Waals surface area contributed by atoms with Crippen molar-refractivity contribution in [1.82, 2.24) is 9.62 Å². The number of hydrogen-bond acceptors (Lipinski definition) is 5. The highest BCUT2D eigenvalue weighted by Gasteiger charge is 2.34. The van der Waals surface area contributed by atoms with Crippen molar-refractivity contribution in [3.8, 4) is 0 Å². The van der Waals surface area contributed by atoms with Gasteiger partial charge in [0, 0.05) is 35.7 Å². The summed E-state index contributed by atoms with van der Waals surface area (Å²) in [6.45, 7) is -0.499. The molecule has 0 aliphatic carbocycles. The molecular formula is C26H24F6N2O4S2. The first kappa shape index (κ1) is 31.3. The molecule has 0 unspecified atom stereocenters. The lowest BCUT2D eigenvalue weighted by Crippen LogP contribution is -2.50. The Morgan fingerprint density at radius 2 is 1.70 bits per heavy atom. The Bertz CT molecular complexity index is 1450. The molecule has 3 aromatic rings. The minimum atomic E-state index is -4.89. The molecule has 0 radical (unpaired) electrons. The molecule has 1 aromatic heterocycles. The molecule has 0 saturated heterocycles. The third-order valence-corrected chi connectivity index (χ3v) is 8.47. The van der Waals surface area contributed by atoms with E-state index in [2.05, 4.69) is 5.32 Å². The van der Waals surface area contributed by atoms with Crippen LogP contribution in [0.4, 0.5) is 26.3 Å². The Morgan fingerprint density at radius 1 is 1.05 bits per heavy atom. The molecule has 2 atom stereocenters. The number of nitrogens with one attached hydrogen (secondary N) is 1. The maximum Gasteiger partial charge on any atom is 0.412 e. The number of carbonyl (C=O) groups is 1. The summed E-state index contributed by atoms with van der Waals surface area (Å²) in [6.07, 6.45) is -6.31. The van der Waals surface area contributed by atoms with E-state index < -0.39 is 75.3 Å². The largest absolute Gasteiger partial charge is 0.412 e. The standard InChI is InChI=1S/C26H24F6N2O4S2/c1-16(26(30,31)32)10-25(36)33-22(11-17-6-3-2-4-7-17)23(35)15-34(14-18-8-5-9-39-18)40(37,38)24-13-20(28)19(27)12-21(24)29/h2-10,12-13,22-23,35H,11,14-15H2,1H3,(H,33,36)/b16-10+/t22-,23+/m0/s1. The Balaban J connectivity index is 1.97. The number of hydrogen-bond donors (Lipinski definition) is 2. The normalized spacial score (nSPS) is 14.3. The molecule has 2 N–H and O–H groups in total. The molecule has 2 aromatic carbocycles. The molecule has 0 aliphatic heterocycles. The van der Waals surface area contributed by atoms with Gasteiger partial charge in [0.05, 0.1) is 12.1 Å². The summed E-state index contributed by atoms with van der Waals surface area (Å²) in [5.74, 6) is -5.97. The molecule has 0 bridgehead atoms. The average molecular weight is 607 g/mol. The Labute approximate surface area is 230 Å². The second-order valence-corrected chi connectivity index (χ2v) is 11.7. The quantitative estimate of drug-likeness (QED) is 0.184. The van der Waals surface area contributed by atoms with Gasteiger partial charge in [-0.1, -0.05) is 36.4 Å². The molecule has 40 heavy (non-hydrogen) atoms. The Kier molecular flexibility index (Phi) is 10.2. The number of carbonyl (C=O) groups excluding carboxylic acids is 1. The Morgan fingerprint density at radius 3 is 2.30 bits per heavy atom. The van der Waals surface area contributed by atoms with Crippen LogP contribution in [0.1, 0.15) is 17.4 Å². The maximum absolute atomic E-state index is 14.5. The van der Waals surface area contributed by atoms with Crippen LogP contribution in [0, 0.1) is 17.5 Å². The summed E-state index contributed by atoms with van der Waals surface area (Å²) in [7, 11) is -4.89. The van der Waals surface area contributed by atoms with Crippen molar-refractivity contribution in [3.05, 3.63) is 99.5 Å². The lowest BCUT2D eigenvalue weighted by molar-refractivity contribution is -0.119. The first-order valence-corrected chi connectivity index (χ1v) is 14.0. The van der Waals surface area contributed by atoms with Crippen LogP contribution in [0.3, 0.4) is 0 Å². The molecule has 0 fully saturated rings. The van der Waals surface area contributed by atoms with Crippen LogP contribution in [0.25, 0.3) is 0 Å². The van der Waals surface area contributed by atoms with Gasteiger partial charge in [-0.3, -0.25) is 4.79 Å². The van der Waals surface area contributed by atoms with Gasteiger partial charge >= 0.3 is 6.18 Å². The fraction of sp³-hybridized carbons (Fsp3) is 0.269. The van der Waals surface area contributed by atoms with E-state index in [9.17, 15) is 44.7 Å². The van der Waals surface area contributed by atoms with Crippen LogP contribution < -0.4 is 5.32 Å². The van der Waals surface area contributed by atoms with Gasteiger partial charge in [0.2, 0.25) is 15.9 Å². The number of alkyl halides is 3. The van der Waals surface area contributed by atoms with E-state index in [-0.39, 0.29) is 18.6 Å². The van der Waals surface area contributed by atoms with E-state index in [1.165, 1.54) is 0 Å². The van der Waals surface area contributed by atoms with Crippen LogP contribution in [0.15, 0.2) is 76.5 Å². The van der Waals surface area contributed by atoms with Crippen molar-refractivity contribution >= 4 is 27.3 Å². The molecule has 0 spiro atoms. The molecule has 1 amide bonds. The highest BCUT2D eigenvalue weighted by molar-refractivity contribution is 7.89. The van der Waals surface area contributed by atoms with Crippen molar-refractivity contribution < 1.29 is 44.7 Å². The van der Waals surface area contributed by atoms with Gasteiger partial charge in [-0.2, -0.15) is 17.5 Å². The van der Waals surface area contributed by atoms with E-state index in [1.807, 2.05) is 0 Å². The van der Waals surface area contributed by atoms with Gasteiger partial charge in [0.1, 0.15) is 10.7 Å². The molecule has 0 aliphatic rings. The summed E-state index contributed by atoms with van der Waals surface area (Å²) in [5.41, 5.74) is -0.642. The lowest BCUT2D eigenvalue weighted by atomic mass is 10.0. The van der Waals surface area contributed by atoms with E-state index in [4.69, 9.17) is 0 Å². The van der Waals surface area contributed by atoms with Crippen LogP contribution in [0.5, 0.6) is 0 Å². The average Bonchev–Trinajstić information content (AvgIpc) is 3.38. The molecule has 14 heteroatoms. The predicted octanol–water partition coefficient (Wildman–Crippen LogP) is 4.95. The first-order chi connectivity index (χ1) is 18.7. The monoisotopic (exact) mass is 606 g/mol. The van der Waals surface area contributed by atoms with Crippen molar-refractivity contribution in [2.45, 2.75) is 43.1 Å². The summed E-state index contributed by atoms with van der Waals surface area (Å²) < 4.78 is 108. The highest BCUT2D eigenvalue weighted by atomic mass is 32.2. The van der Waals surface area contributed by atoms with E-state index in [0.29, 0.717) is 27.7 Å². The van der Waals surface area contributed by atoms with Gasteiger partial charge in [-0.25, -0.2) is 21.6 Å². The zero-order valence-corrected chi connectivity index (χ0v) is 22.5. The topological polar surface area (TPSA) is 86.7 Å². The van der Waals surface area contributed by atoms with Crippen molar-refractivity contribution in [2.24, 2.45) is 0 Å². The SMILES string of the molecule is C/C(=C\C(=O)N[C@@H](Cc1ccccc1)[C@H](O)CN(Cc1cccs1)S(=O)(=O)c1cc(F)c(F)cc1F)C(F)(F)F. The van der Waals surface area contributed by atoms with Crippen LogP contribution in [0.2, 0.25) is 0 Å². The summed E-state index contributed by atoms with van der Waals surface area (Å²) >= 11 is 1.13. The van der Waals surface area contributed by atoms with Gasteiger partial charge in [0.25, 0.3) is 0 Å². The third kappa shape index (κ3) is 8.16. The number of benzene rings is 2. The minimum Gasteiger partial charge on any atom is -0.390 e.